The number of likely N-dealkylation sites (N-methyl/N-ethyl adjacent to an activating group) is 1. The minimum absolute atomic E-state index is 0.0510. The molecular weight excluding hydrogens is 386 g/mol. The van der Waals surface area contributed by atoms with Gasteiger partial charge in [0.2, 0.25) is 5.91 Å². The van der Waals surface area contributed by atoms with Crippen LogP contribution in [-0.4, -0.2) is 101 Å². The van der Waals surface area contributed by atoms with Crippen molar-refractivity contribution in [3.8, 4) is 11.5 Å². The summed E-state index contributed by atoms with van der Waals surface area (Å²) in [6, 6.07) is 7.51. The van der Waals surface area contributed by atoms with Gasteiger partial charge in [-0.15, -0.1) is 0 Å². The van der Waals surface area contributed by atoms with E-state index < -0.39 is 0 Å². The van der Waals surface area contributed by atoms with Crippen LogP contribution in [-0.2, 0) is 9.53 Å². The number of methoxy groups -OCH3 is 1. The zero-order valence-electron chi connectivity index (χ0n) is 18.5. The summed E-state index contributed by atoms with van der Waals surface area (Å²) in [5.41, 5.74) is 0. The first-order chi connectivity index (χ1) is 14.5. The van der Waals surface area contributed by atoms with Crippen LogP contribution in [0.1, 0.15) is 6.92 Å². The fourth-order valence-corrected chi connectivity index (χ4v) is 2.81. The Morgan fingerprint density at radius 1 is 1.27 bits per heavy atom. The minimum atomic E-state index is -0.104. The van der Waals surface area contributed by atoms with Crippen molar-refractivity contribution in [2.24, 2.45) is 4.99 Å². The monoisotopic (exact) mass is 421 g/mol. The smallest absolute Gasteiger partial charge is 0.243 e. The standard InChI is InChI=1S/C21H35N5O4/c1-17(30-19-7-5-6-18(14-19)28-4)15-23-21(24-16-20(27)25(2)3)22-8-9-26-10-12-29-13-11-26/h5-7,14,17H,8-13,15-16H2,1-4H3,(H2,22,23,24). The number of guanidine groups is 1. The highest BCUT2D eigenvalue weighted by atomic mass is 16.5. The first-order valence-corrected chi connectivity index (χ1v) is 10.3. The van der Waals surface area contributed by atoms with Crippen molar-refractivity contribution in [2.45, 2.75) is 13.0 Å². The van der Waals surface area contributed by atoms with E-state index in [1.54, 1.807) is 21.2 Å². The van der Waals surface area contributed by atoms with Crippen molar-refractivity contribution in [3.63, 3.8) is 0 Å². The fourth-order valence-electron chi connectivity index (χ4n) is 2.81. The number of nitrogens with zero attached hydrogens (tertiary/aromatic N) is 3. The van der Waals surface area contributed by atoms with Gasteiger partial charge in [0.25, 0.3) is 0 Å². The lowest BCUT2D eigenvalue weighted by molar-refractivity contribution is -0.127. The molecule has 2 rings (SSSR count). The molecule has 9 nitrogen and oxygen atoms in total. The van der Waals surface area contributed by atoms with E-state index in [2.05, 4.69) is 20.5 Å². The summed E-state index contributed by atoms with van der Waals surface area (Å²) in [4.78, 5) is 20.2. The third kappa shape index (κ3) is 8.87. The lowest BCUT2D eigenvalue weighted by Gasteiger charge is -2.27. The molecule has 1 heterocycles. The Balaban J connectivity index is 1.85. The zero-order chi connectivity index (χ0) is 21.8. The quantitative estimate of drug-likeness (QED) is 0.418. The SMILES string of the molecule is COc1cccc(OC(C)CNC(=NCC(=O)N(C)C)NCCN2CCOCC2)c1. The van der Waals surface area contributed by atoms with Gasteiger partial charge in [-0.1, -0.05) is 6.07 Å². The van der Waals surface area contributed by atoms with E-state index in [1.165, 1.54) is 4.90 Å². The highest BCUT2D eigenvalue weighted by Gasteiger charge is 2.11. The average Bonchev–Trinajstić information content (AvgIpc) is 2.75. The van der Waals surface area contributed by atoms with Gasteiger partial charge in [0.15, 0.2) is 5.96 Å². The third-order valence-electron chi connectivity index (χ3n) is 4.63. The molecular formula is C21H35N5O4. The molecule has 1 aromatic rings. The molecule has 30 heavy (non-hydrogen) atoms. The number of benzene rings is 1. The summed E-state index contributed by atoms with van der Waals surface area (Å²) >= 11 is 0. The van der Waals surface area contributed by atoms with E-state index >= 15 is 0 Å². The fraction of sp³-hybridized carbons (Fsp3) is 0.619. The number of carbonyl (C=O) groups is 1. The first kappa shape index (κ1) is 23.8. The number of hydrogen-bond acceptors (Lipinski definition) is 6. The number of nitrogens with one attached hydrogen (secondary N) is 2. The van der Waals surface area contributed by atoms with Gasteiger partial charge in [0, 0.05) is 46.3 Å². The largest absolute Gasteiger partial charge is 0.497 e. The van der Waals surface area contributed by atoms with Crippen molar-refractivity contribution >= 4 is 11.9 Å². The van der Waals surface area contributed by atoms with E-state index in [0.29, 0.717) is 12.5 Å². The Hall–Kier alpha value is -2.52. The number of morpholine rings is 1. The van der Waals surface area contributed by atoms with Gasteiger partial charge < -0.3 is 29.7 Å². The summed E-state index contributed by atoms with van der Waals surface area (Å²) in [5.74, 6) is 2.04. The summed E-state index contributed by atoms with van der Waals surface area (Å²) in [6.07, 6.45) is -0.104. The Morgan fingerprint density at radius 2 is 2.00 bits per heavy atom. The van der Waals surface area contributed by atoms with Gasteiger partial charge in [0.1, 0.15) is 24.1 Å². The predicted molar refractivity (Wildman–Crippen MR) is 117 cm³/mol. The zero-order valence-corrected chi connectivity index (χ0v) is 18.5. The number of ether oxygens (including phenoxy) is 3. The number of aliphatic imine (C=N–C) groups is 1. The number of carbonyl (C=O) groups excluding carboxylic acids is 1. The second-order valence-electron chi connectivity index (χ2n) is 7.32. The van der Waals surface area contributed by atoms with Crippen molar-refractivity contribution < 1.29 is 19.0 Å². The highest BCUT2D eigenvalue weighted by molar-refractivity contribution is 5.84. The molecule has 1 fully saturated rings. The normalized spacial score (nSPS) is 15.9. The van der Waals surface area contributed by atoms with E-state index in [4.69, 9.17) is 14.2 Å². The summed E-state index contributed by atoms with van der Waals surface area (Å²) in [7, 11) is 5.08. The molecule has 1 aliphatic rings. The second kappa shape index (κ2) is 12.9. The third-order valence-corrected chi connectivity index (χ3v) is 4.63. The summed E-state index contributed by atoms with van der Waals surface area (Å²) in [6.45, 7) is 7.64. The van der Waals surface area contributed by atoms with Crippen LogP contribution in [0.2, 0.25) is 0 Å². The molecule has 1 aliphatic heterocycles. The molecule has 2 N–H and O–H groups in total. The minimum Gasteiger partial charge on any atom is -0.497 e. The molecule has 0 radical (unpaired) electrons. The van der Waals surface area contributed by atoms with E-state index in [9.17, 15) is 4.79 Å². The number of amides is 1. The highest BCUT2D eigenvalue weighted by Crippen LogP contribution is 2.19. The molecule has 9 heteroatoms. The van der Waals surface area contributed by atoms with Crippen molar-refractivity contribution in [1.29, 1.82) is 0 Å². The second-order valence-corrected chi connectivity index (χ2v) is 7.32. The molecule has 0 aromatic heterocycles. The predicted octanol–water partition coefficient (Wildman–Crippen LogP) is 0.418. The molecule has 1 amide bonds. The molecule has 1 unspecified atom stereocenters. The van der Waals surface area contributed by atoms with Crippen molar-refractivity contribution in [2.75, 3.05) is 73.7 Å². The Bertz CT molecular complexity index is 677. The van der Waals surface area contributed by atoms with Gasteiger partial charge in [-0.2, -0.15) is 0 Å². The van der Waals surface area contributed by atoms with Crippen LogP contribution in [0.25, 0.3) is 0 Å². The lowest BCUT2D eigenvalue weighted by Crippen LogP contribution is -2.46. The Labute approximate surface area is 179 Å². The first-order valence-electron chi connectivity index (χ1n) is 10.3. The summed E-state index contributed by atoms with van der Waals surface area (Å²) in [5, 5.41) is 6.58. The number of rotatable bonds is 10. The maximum Gasteiger partial charge on any atom is 0.243 e. The van der Waals surface area contributed by atoms with Crippen LogP contribution >= 0.6 is 0 Å². The van der Waals surface area contributed by atoms with E-state index in [0.717, 1.165) is 50.9 Å². The molecule has 0 spiro atoms. The molecule has 1 saturated heterocycles. The van der Waals surface area contributed by atoms with Crippen LogP contribution in [0.15, 0.2) is 29.3 Å². The van der Waals surface area contributed by atoms with Crippen molar-refractivity contribution in [3.05, 3.63) is 24.3 Å². The van der Waals surface area contributed by atoms with Crippen LogP contribution in [0.4, 0.5) is 0 Å². The average molecular weight is 422 g/mol. The maximum absolute atomic E-state index is 11.9. The lowest BCUT2D eigenvalue weighted by atomic mass is 10.3. The van der Waals surface area contributed by atoms with Crippen LogP contribution in [0, 0.1) is 0 Å². The molecule has 0 aliphatic carbocycles. The molecule has 0 saturated carbocycles. The molecule has 1 aromatic carbocycles. The van der Waals surface area contributed by atoms with E-state index in [1.807, 2.05) is 31.2 Å². The van der Waals surface area contributed by atoms with Gasteiger partial charge >= 0.3 is 0 Å². The molecule has 0 bridgehead atoms. The number of hydrogen-bond donors (Lipinski definition) is 2. The van der Waals surface area contributed by atoms with Gasteiger partial charge in [-0.3, -0.25) is 9.69 Å². The molecule has 1 atom stereocenters. The van der Waals surface area contributed by atoms with Crippen LogP contribution < -0.4 is 20.1 Å². The summed E-state index contributed by atoms with van der Waals surface area (Å²) < 4.78 is 16.6. The van der Waals surface area contributed by atoms with Crippen LogP contribution in [0.3, 0.4) is 0 Å². The maximum atomic E-state index is 11.9. The van der Waals surface area contributed by atoms with Gasteiger partial charge in [0.05, 0.1) is 26.9 Å². The van der Waals surface area contributed by atoms with Gasteiger partial charge in [-0.25, -0.2) is 4.99 Å². The van der Waals surface area contributed by atoms with Gasteiger partial charge in [-0.05, 0) is 19.1 Å². The van der Waals surface area contributed by atoms with Crippen LogP contribution in [0.5, 0.6) is 11.5 Å². The Morgan fingerprint density at radius 3 is 2.70 bits per heavy atom. The molecule has 168 valence electrons. The van der Waals surface area contributed by atoms with Crippen molar-refractivity contribution in [1.82, 2.24) is 20.4 Å². The Kier molecular flexibility index (Phi) is 10.2. The van der Waals surface area contributed by atoms with E-state index in [-0.39, 0.29) is 18.6 Å². The topological polar surface area (TPSA) is 87.7 Å².